The number of halogens is 1. The van der Waals surface area contributed by atoms with Crippen molar-refractivity contribution in [3.05, 3.63) is 51.2 Å². The fraction of sp³-hybridized carbons (Fsp3) is 0.0833. The molecule has 0 radical (unpaired) electrons. The average Bonchev–Trinajstić information content (AvgIpc) is 2.76. The first kappa shape index (κ1) is 12.0. The van der Waals surface area contributed by atoms with Gasteiger partial charge in [-0.05, 0) is 29.1 Å². The van der Waals surface area contributed by atoms with Gasteiger partial charge in [-0.25, -0.2) is 0 Å². The van der Waals surface area contributed by atoms with E-state index in [4.69, 9.17) is 16.3 Å². The van der Waals surface area contributed by atoms with Gasteiger partial charge in [0.1, 0.15) is 12.4 Å². The first-order chi connectivity index (χ1) is 8.16. The van der Waals surface area contributed by atoms with Crippen molar-refractivity contribution in [2.45, 2.75) is 6.61 Å². The molecule has 0 amide bonds. The number of carbonyl (C=O) groups is 1. The fourth-order valence-electron chi connectivity index (χ4n) is 1.30. The molecule has 0 fully saturated rings. The van der Waals surface area contributed by atoms with Crippen LogP contribution in [0.25, 0.3) is 0 Å². The highest BCUT2D eigenvalue weighted by Crippen LogP contribution is 2.25. The molecule has 5 heteroatoms. The van der Waals surface area contributed by atoms with E-state index in [-0.39, 0.29) is 4.88 Å². The van der Waals surface area contributed by atoms with Crippen LogP contribution in [0.5, 0.6) is 5.75 Å². The standard InChI is InChI=1S/C12H9ClO3S/c13-9-3-1-8(2-4-9)7-16-10-5-6-17-11(10)12(14)15/h1-6H,7H2,(H,14,15)/p-1. The second-order valence-corrected chi connectivity index (χ2v) is 4.67. The minimum atomic E-state index is -1.22. The Hall–Kier alpha value is -1.52. The predicted octanol–water partition coefficient (Wildman–Crippen LogP) is 2.34. The van der Waals surface area contributed by atoms with Crippen LogP contribution in [0.3, 0.4) is 0 Å². The minimum absolute atomic E-state index is 0.110. The Bertz CT molecular complexity index is 519. The van der Waals surface area contributed by atoms with Crippen LogP contribution >= 0.6 is 22.9 Å². The molecule has 0 aliphatic heterocycles. The van der Waals surface area contributed by atoms with Crippen LogP contribution in [0, 0.1) is 0 Å². The maximum atomic E-state index is 10.7. The monoisotopic (exact) mass is 267 g/mol. The number of hydrogen-bond acceptors (Lipinski definition) is 4. The maximum absolute atomic E-state index is 10.7. The number of aromatic carboxylic acids is 1. The SMILES string of the molecule is O=C([O-])c1sccc1OCc1ccc(Cl)cc1. The van der Waals surface area contributed by atoms with E-state index >= 15 is 0 Å². The number of carboxylic acids is 1. The number of ether oxygens (including phenoxy) is 1. The zero-order valence-electron chi connectivity index (χ0n) is 8.68. The van der Waals surface area contributed by atoms with Crippen LogP contribution in [0.4, 0.5) is 0 Å². The summed E-state index contributed by atoms with van der Waals surface area (Å²) >= 11 is 6.84. The third-order valence-electron chi connectivity index (χ3n) is 2.12. The van der Waals surface area contributed by atoms with Crippen molar-refractivity contribution in [1.29, 1.82) is 0 Å². The van der Waals surface area contributed by atoms with Gasteiger partial charge in [-0.15, -0.1) is 11.3 Å². The largest absolute Gasteiger partial charge is 0.544 e. The van der Waals surface area contributed by atoms with E-state index in [9.17, 15) is 9.90 Å². The summed E-state index contributed by atoms with van der Waals surface area (Å²) in [6.07, 6.45) is 0. The molecule has 88 valence electrons. The van der Waals surface area contributed by atoms with Crippen molar-refractivity contribution in [1.82, 2.24) is 0 Å². The summed E-state index contributed by atoms with van der Waals surface area (Å²) in [5, 5.41) is 13.0. The zero-order chi connectivity index (χ0) is 12.3. The summed E-state index contributed by atoms with van der Waals surface area (Å²) in [6.45, 7) is 0.300. The normalized spacial score (nSPS) is 10.2. The predicted molar refractivity (Wildman–Crippen MR) is 64.4 cm³/mol. The Morgan fingerprint density at radius 3 is 2.65 bits per heavy atom. The summed E-state index contributed by atoms with van der Waals surface area (Å²) in [5.74, 6) is -0.879. The first-order valence-corrected chi connectivity index (χ1v) is 6.08. The molecule has 2 rings (SSSR count). The number of benzene rings is 1. The highest BCUT2D eigenvalue weighted by Gasteiger charge is 2.06. The highest BCUT2D eigenvalue weighted by molar-refractivity contribution is 7.12. The van der Waals surface area contributed by atoms with Gasteiger partial charge in [0.05, 0.1) is 10.8 Å². The van der Waals surface area contributed by atoms with E-state index in [1.165, 1.54) is 0 Å². The molecule has 0 saturated carbocycles. The molecule has 0 N–H and O–H groups in total. The Labute approximate surface area is 107 Å². The van der Waals surface area contributed by atoms with Gasteiger partial charge >= 0.3 is 0 Å². The smallest absolute Gasteiger partial charge is 0.139 e. The van der Waals surface area contributed by atoms with E-state index in [0.29, 0.717) is 17.4 Å². The van der Waals surface area contributed by atoms with Crippen LogP contribution in [0.1, 0.15) is 15.2 Å². The molecule has 0 bridgehead atoms. The van der Waals surface area contributed by atoms with Gasteiger partial charge in [-0.3, -0.25) is 0 Å². The minimum Gasteiger partial charge on any atom is -0.544 e. The molecular weight excluding hydrogens is 260 g/mol. The van der Waals surface area contributed by atoms with Crippen molar-refractivity contribution < 1.29 is 14.6 Å². The third-order valence-corrected chi connectivity index (χ3v) is 3.25. The van der Waals surface area contributed by atoms with E-state index in [1.54, 1.807) is 23.6 Å². The van der Waals surface area contributed by atoms with Crippen molar-refractivity contribution in [3.63, 3.8) is 0 Å². The van der Waals surface area contributed by atoms with Crippen molar-refractivity contribution in [3.8, 4) is 5.75 Å². The Kier molecular flexibility index (Phi) is 3.66. The number of carbonyl (C=O) groups excluding carboxylic acids is 1. The molecule has 0 saturated heterocycles. The van der Waals surface area contributed by atoms with Crippen molar-refractivity contribution >= 4 is 28.9 Å². The lowest BCUT2D eigenvalue weighted by Crippen LogP contribution is -2.21. The quantitative estimate of drug-likeness (QED) is 0.854. The van der Waals surface area contributed by atoms with Crippen LogP contribution < -0.4 is 9.84 Å². The lowest BCUT2D eigenvalue weighted by molar-refractivity contribution is -0.254. The van der Waals surface area contributed by atoms with Crippen molar-refractivity contribution in [2.75, 3.05) is 0 Å². The van der Waals surface area contributed by atoms with Crippen molar-refractivity contribution in [2.24, 2.45) is 0 Å². The molecule has 1 heterocycles. The summed E-state index contributed by atoms with van der Waals surface area (Å²) < 4.78 is 5.41. The van der Waals surface area contributed by atoms with Gasteiger partial charge in [0.25, 0.3) is 0 Å². The molecular formula is C12H8ClO3S-. The molecule has 0 atom stereocenters. The molecule has 2 aromatic rings. The summed E-state index contributed by atoms with van der Waals surface area (Å²) in [6, 6.07) is 8.79. The summed E-state index contributed by atoms with van der Waals surface area (Å²) in [5.41, 5.74) is 0.921. The number of thiophene rings is 1. The Balaban J connectivity index is 2.05. The molecule has 3 nitrogen and oxygen atoms in total. The molecule has 1 aromatic carbocycles. The Morgan fingerprint density at radius 1 is 1.29 bits per heavy atom. The molecule has 0 aliphatic carbocycles. The lowest BCUT2D eigenvalue weighted by Gasteiger charge is -2.07. The number of rotatable bonds is 4. The van der Waals surface area contributed by atoms with Gasteiger partial charge in [-0.2, -0.15) is 0 Å². The van der Waals surface area contributed by atoms with Gasteiger partial charge in [0, 0.05) is 5.02 Å². The van der Waals surface area contributed by atoms with Crippen LogP contribution in [-0.4, -0.2) is 5.97 Å². The molecule has 1 aromatic heterocycles. The number of carboxylic acid groups (broad SMARTS) is 1. The topological polar surface area (TPSA) is 49.4 Å². The lowest BCUT2D eigenvalue weighted by atomic mass is 10.2. The summed E-state index contributed by atoms with van der Waals surface area (Å²) in [4.78, 5) is 10.9. The van der Waals surface area contributed by atoms with E-state index < -0.39 is 5.97 Å². The second kappa shape index (κ2) is 5.21. The first-order valence-electron chi connectivity index (χ1n) is 4.83. The van der Waals surface area contributed by atoms with Gasteiger partial charge in [0.2, 0.25) is 0 Å². The van der Waals surface area contributed by atoms with Crippen LogP contribution in [-0.2, 0) is 6.61 Å². The Morgan fingerprint density at radius 2 is 2.00 bits per heavy atom. The van der Waals surface area contributed by atoms with E-state index in [0.717, 1.165) is 16.9 Å². The van der Waals surface area contributed by atoms with Gasteiger partial charge in [0.15, 0.2) is 0 Å². The third kappa shape index (κ3) is 2.99. The highest BCUT2D eigenvalue weighted by atomic mass is 35.5. The molecule has 0 spiro atoms. The zero-order valence-corrected chi connectivity index (χ0v) is 10.3. The molecule has 0 aliphatic rings. The van der Waals surface area contributed by atoms with Gasteiger partial charge in [-0.1, -0.05) is 23.7 Å². The van der Waals surface area contributed by atoms with E-state index in [1.807, 2.05) is 12.1 Å². The van der Waals surface area contributed by atoms with Crippen LogP contribution in [0.15, 0.2) is 35.7 Å². The van der Waals surface area contributed by atoms with E-state index in [2.05, 4.69) is 0 Å². The summed E-state index contributed by atoms with van der Waals surface area (Å²) in [7, 11) is 0. The van der Waals surface area contributed by atoms with Crippen LogP contribution in [0.2, 0.25) is 5.02 Å². The number of hydrogen-bond donors (Lipinski definition) is 0. The second-order valence-electron chi connectivity index (χ2n) is 3.32. The molecule has 17 heavy (non-hydrogen) atoms. The maximum Gasteiger partial charge on any atom is 0.139 e. The fourth-order valence-corrected chi connectivity index (χ4v) is 2.09. The molecule has 0 unspecified atom stereocenters. The van der Waals surface area contributed by atoms with Gasteiger partial charge < -0.3 is 14.6 Å². The average molecular weight is 268 g/mol.